The third kappa shape index (κ3) is 1.03. The predicted molar refractivity (Wildman–Crippen MR) is 76.7 cm³/mol. The van der Waals surface area contributed by atoms with Crippen LogP contribution in [-0.4, -0.2) is 5.11 Å². The number of allylic oxidation sites excluding steroid dienone is 6. The molecule has 0 fully saturated rings. The topological polar surface area (TPSA) is 20.2 Å². The highest BCUT2D eigenvalue weighted by Crippen LogP contribution is 2.56. The van der Waals surface area contributed by atoms with Crippen molar-refractivity contribution in [1.82, 2.24) is 0 Å². The van der Waals surface area contributed by atoms with E-state index in [2.05, 4.69) is 42.5 Å². The number of hydrogen-bond acceptors (Lipinski definition) is 1. The lowest BCUT2D eigenvalue weighted by Crippen LogP contribution is -2.36. The zero-order chi connectivity index (χ0) is 12.6. The van der Waals surface area contributed by atoms with E-state index in [1.165, 1.54) is 32.7 Å². The Morgan fingerprint density at radius 2 is 2.00 bits per heavy atom. The van der Waals surface area contributed by atoms with Crippen LogP contribution in [0.1, 0.15) is 11.1 Å². The molecule has 0 bridgehead atoms. The molecule has 0 aliphatic heterocycles. The molecular weight excluding hydrogens is 232 g/mol. The molecule has 4 aliphatic carbocycles. The SMILES string of the molecule is OC1=CC23C=C2C=c2c4c(ccc2=C3C=C1)C=CC4. The summed E-state index contributed by atoms with van der Waals surface area (Å²) in [6.07, 6.45) is 15.8. The van der Waals surface area contributed by atoms with Gasteiger partial charge in [-0.3, -0.25) is 0 Å². The van der Waals surface area contributed by atoms with E-state index in [1.807, 2.05) is 6.08 Å². The second-order valence-electron chi connectivity index (χ2n) is 5.63. The molecule has 1 aromatic carbocycles. The molecular formula is C18H12O. The van der Waals surface area contributed by atoms with E-state index >= 15 is 0 Å². The minimum absolute atomic E-state index is 0.105. The average molecular weight is 244 g/mol. The molecule has 1 aromatic rings. The quantitative estimate of drug-likeness (QED) is 0.741. The summed E-state index contributed by atoms with van der Waals surface area (Å²) < 4.78 is 0. The van der Waals surface area contributed by atoms with Gasteiger partial charge in [0.05, 0.1) is 5.41 Å². The van der Waals surface area contributed by atoms with Gasteiger partial charge >= 0.3 is 0 Å². The van der Waals surface area contributed by atoms with Gasteiger partial charge in [0.15, 0.2) is 0 Å². The lowest BCUT2D eigenvalue weighted by atomic mass is 9.80. The molecule has 1 spiro atoms. The van der Waals surface area contributed by atoms with Crippen molar-refractivity contribution in [3.63, 3.8) is 0 Å². The zero-order valence-electron chi connectivity index (χ0n) is 10.4. The Kier molecular flexibility index (Phi) is 1.43. The number of aliphatic hydroxyl groups is 1. The van der Waals surface area contributed by atoms with Crippen LogP contribution in [0.15, 0.2) is 53.8 Å². The molecule has 0 radical (unpaired) electrons. The first kappa shape index (κ1) is 9.62. The lowest BCUT2D eigenvalue weighted by molar-refractivity contribution is 0.425. The van der Waals surface area contributed by atoms with Crippen LogP contribution in [0.25, 0.3) is 17.7 Å². The maximum Gasteiger partial charge on any atom is 0.113 e. The van der Waals surface area contributed by atoms with Crippen LogP contribution in [0.4, 0.5) is 0 Å². The van der Waals surface area contributed by atoms with E-state index < -0.39 is 0 Å². The van der Waals surface area contributed by atoms with E-state index in [0.717, 1.165) is 6.42 Å². The summed E-state index contributed by atoms with van der Waals surface area (Å²) in [5.41, 5.74) is 5.33. The highest BCUT2D eigenvalue weighted by Gasteiger charge is 2.46. The Morgan fingerprint density at radius 3 is 2.95 bits per heavy atom. The van der Waals surface area contributed by atoms with Gasteiger partial charge in [-0.05, 0) is 57.4 Å². The van der Waals surface area contributed by atoms with Crippen molar-refractivity contribution < 1.29 is 5.11 Å². The highest BCUT2D eigenvalue weighted by molar-refractivity contribution is 5.90. The number of fused-ring (bicyclic) bond motifs is 3. The third-order valence-electron chi connectivity index (χ3n) is 4.62. The molecule has 1 atom stereocenters. The van der Waals surface area contributed by atoms with Crippen LogP contribution in [0.5, 0.6) is 0 Å². The second-order valence-corrected chi connectivity index (χ2v) is 5.63. The molecule has 0 aromatic heterocycles. The van der Waals surface area contributed by atoms with Crippen molar-refractivity contribution in [2.75, 3.05) is 0 Å². The Morgan fingerprint density at radius 1 is 1.05 bits per heavy atom. The number of rotatable bonds is 0. The minimum Gasteiger partial charge on any atom is -0.508 e. The van der Waals surface area contributed by atoms with E-state index in [9.17, 15) is 5.11 Å². The Balaban J connectivity index is 1.93. The molecule has 90 valence electrons. The highest BCUT2D eigenvalue weighted by atomic mass is 16.3. The first-order chi connectivity index (χ1) is 9.28. The van der Waals surface area contributed by atoms with Crippen molar-refractivity contribution in [1.29, 1.82) is 0 Å². The predicted octanol–water partition coefficient (Wildman–Crippen LogP) is 2.14. The fraction of sp³-hybridized carbons (Fsp3) is 0.111. The minimum atomic E-state index is -0.105. The fourth-order valence-corrected chi connectivity index (χ4v) is 3.63. The summed E-state index contributed by atoms with van der Waals surface area (Å²) in [5, 5.41) is 12.4. The van der Waals surface area contributed by atoms with Crippen molar-refractivity contribution in [3.05, 3.63) is 75.4 Å². The van der Waals surface area contributed by atoms with E-state index in [4.69, 9.17) is 0 Å². The Bertz CT molecular complexity index is 890. The first-order valence-corrected chi connectivity index (χ1v) is 6.66. The summed E-state index contributed by atoms with van der Waals surface area (Å²) >= 11 is 0. The van der Waals surface area contributed by atoms with Gasteiger partial charge in [-0.2, -0.15) is 0 Å². The van der Waals surface area contributed by atoms with Gasteiger partial charge in [-0.15, -0.1) is 0 Å². The normalized spacial score (nSPS) is 27.7. The molecule has 1 nitrogen and oxygen atoms in total. The summed E-state index contributed by atoms with van der Waals surface area (Å²) in [7, 11) is 0. The number of hydrogen-bond donors (Lipinski definition) is 1. The van der Waals surface area contributed by atoms with Gasteiger partial charge in [0.1, 0.15) is 5.76 Å². The van der Waals surface area contributed by atoms with Crippen LogP contribution in [-0.2, 0) is 6.42 Å². The lowest BCUT2D eigenvalue weighted by Gasteiger charge is -2.23. The number of benzene rings is 1. The molecule has 19 heavy (non-hydrogen) atoms. The summed E-state index contributed by atoms with van der Waals surface area (Å²) in [6, 6.07) is 4.44. The molecule has 1 unspecified atom stereocenters. The summed E-state index contributed by atoms with van der Waals surface area (Å²) in [6.45, 7) is 0. The van der Waals surface area contributed by atoms with Crippen molar-refractivity contribution in [2.24, 2.45) is 5.41 Å². The monoisotopic (exact) mass is 244 g/mol. The molecule has 1 heteroatoms. The second kappa shape index (κ2) is 2.83. The van der Waals surface area contributed by atoms with Gasteiger partial charge in [0, 0.05) is 0 Å². The summed E-state index contributed by atoms with van der Waals surface area (Å²) in [4.78, 5) is 0. The molecule has 0 saturated carbocycles. The van der Waals surface area contributed by atoms with Crippen LogP contribution >= 0.6 is 0 Å². The third-order valence-corrected chi connectivity index (χ3v) is 4.62. The van der Waals surface area contributed by atoms with Crippen molar-refractivity contribution >= 4 is 17.7 Å². The molecule has 0 heterocycles. The maximum absolute atomic E-state index is 9.75. The van der Waals surface area contributed by atoms with E-state index in [1.54, 1.807) is 6.08 Å². The Labute approximate surface area is 110 Å². The van der Waals surface area contributed by atoms with Crippen molar-refractivity contribution in [2.45, 2.75) is 6.42 Å². The Hall–Kier alpha value is -2.28. The summed E-state index contributed by atoms with van der Waals surface area (Å²) in [5.74, 6) is 0.370. The van der Waals surface area contributed by atoms with Gasteiger partial charge < -0.3 is 5.11 Å². The smallest absolute Gasteiger partial charge is 0.113 e. The van der Waals surface area contributed by atoms with Crippen LogP contribution in [0.2, 0.25) is 0 Å². The van der Waals surface area contributed by atoms with E-state index in [0.29, 0.717) is 5.76 Å². The maximum atomic E-state index is 9.75. The molecule has 5 rings (SSSR count). The van der Waals surface area contributed by atoms with Gasteiger partial charge in [-0.1, -0.05) is 36.4 Å². The molecule has 4 aliphatic rings. The zero-order valence-corrected chi connectivity index (χ0v) is 10.4. The van der Waals surface area contributed by atoms with Crippen LogP contribution in [0, 0.1) is 5.41 Å². The average Bonchev–Trinajstić information content (AvgIpc) is 2.87. The molecule has 0 saturated heterocycles. The van der Waals surface area contributed by atoms with E-state index in [-0.39, 0.29) is 5.41 Å². The molecule has 0 amide bonds. The van der Waals surface area contributed by atoms with Gasteiger partial charge in [-0.25, -0.2) is 0 Å². The van der Waals surface area contributed by atoms with Gasteiger partial charge in [0.2, 0.25) is 0 Å². The van der Waals surface area contributed by atoms with Crippen LogP contribution in [0.3, 0.4) is 0 Å². The largest absolute Gasteiger partial charge is 0.508 e. The van der Waals surface area contributed by atoms with Crippen molar-refractivity contribution in [3.8, 4) is 0 Å². The first-order valence-electron chi connectivity index (χ1n) is 6.66. The number of aliphatic hydroxyl groups excluding tert-OH is 1. The molecule has 1 N–H and O–H groups in total. The van der Waals surface area contributed by atoms with Crippen LogP contribution < -0.4 is 10.4 Å². The standard InChI is InChI=1S/C18H12O/c19-13-5-7-17-15-6-4-11-2-1-3-14(11)16(15)8-12-9-18(12,17)10-13/h1-2,4-10,19H,3H2. The fourth-order valence-electron chi connectivity index (χ4n) is 3.63. The van der Waals surface area contributed by atoms with Gasteiger partial charge in [0.25, 0.3) is 0 Å².